The van der Waals surface area contributed by atoms with E-state index in [9.17, 15) is 4.21 Å². The molecule has 1 aromatic rings. The smallest absolute Gasteiger partial charge is 0.131 e. The summed E-state index contributed by atoms with van der Waals surface area (Å²) in [6.45, 7) is 4.39. The van der Waals surface area contributed by atoms with Crippen molar-refractivity contribution in [3.05, 3.63) is 16.4 Å². The molecule has 2 N–H and O–H groups in total. The fraction of sp³-hybridized carbons (Fsp3) is 0.700. The van der Waals surface area contributed by atoms with Crippen LogP contribution in [0.15, 0.2) is 0 Å². The molecule has 6 heteroatoms. The van der Waals surface area contributed by atoms with Crippen molar-refractivity contribution in [2.24, 2.45) is 12.8 Å². The second kappa shape index (κ2) is 5.80. The highest BCUT2D eigenvalue weighted by molar-refractivity contribution is 7.84. The fourth-order valence-electron chi connectivity index (χ4n) is 1.49. The molecule has 1 aromatic heterocycles. The third-order valence-corrected chi connectivity index (χ3v) is 4.76. The zero-order valence-electron chi connectivity index (χ0n) is 9.86. The molecule has 2 atom stereocenters. The summed E-state index contributed by atoms with van der Waals surface area (Å²) in [4.78, 5) is 0. The van der Waals surface area contributed by atoms with Crippen molar-refractivity contribution < 1.29 is 4.21 Å². The highest BCUT2D eigenvalue weighted by Gasteiger charge is 2.17. The summed E-state index contributed by atoms with van der Waals surface area (Å²) in [6.07, 6.45) is 0.767. The van der Waals surface area contributed by atoms with E-state index in [2.05, 4.69) is 5.10 Å². The van der Waals surface area contributed by atoms with Gasteiger partial charge >= 0.3 is 0 Å². The van der Waals surface area contributed by atoms with Gasteiger partial charge in [-0.05, 0) is 19.9 Å². The molecule has 1 heterocycles. The molecule has 0 fully saturated rings. The van der Waals surface area contributed by atoms with Crippen LogP contribution in [0.4, 0.5) is 0 Å². The Hall–Kier alpha value is -0.390. The van der Waals surface area contributed by atoms with Crippen molar-refractivity contribution in [1.82, 2.24) is 9.78 Å². The number of hydrogen-bond donors (Lipinski definition) is 1. The predicted octanol–water partition coefficient (Wildman–Crippen LogP) is 1.37. The van der Waals surface area contributed by atoms with Crippen molar-refractivity contribution in [1.29, 1.82) is 0 Å². The first-order chi connectivity index (χ1) is 7.47. The SMILES string of the molecule is Cc1nn(C)c(Cl)c1CS(=O)C(C)CCN. The summed E-state index contributed by atoms with van der Waals surface area (Å²) >= 11 is 6.08. The quantitative estimate of drug-likeness (QED) is 0.873. The Kier molecular flexibility index (Phi) is 4.95. The Labute approximate surface area is 104 Å². The molecule has 0 bridgehead atoms. The molecule has 0 spiro atoms. The normalized spacial score (nSPS) is 15.1. The third-order valence-electron chi connectivity index (χ3n) is 2.58. The average molecular weight is 264 g/mol. The second-order valence-corrected chi connectivity index (χ2v) is 6.10. The lowest BCUT2D eigenvalue weighted by molar-refractivity contribution is 0.665. The molecule has 0 aliphatic heterocycles. The Morgan fingerprint density at radius 2 is 2.25 bits per heavy atom. The van der Waals surface area contributed by atoms with Crippen LogP contribution in [-0.4, -0.2) is 25.8 Å². The molecule has 0 aromatic carbocycles. The van der Waals surface area contributed by atoms with Crippen LogP contribution in [0.5, 0.6) is 0 Å². The molecular formula is C10H18ClN3OS. The van der Waals surface area contributed by atoms with Crippen LogP contribution in [-0.2, 0) is 23.6 Å². The van der Waals surface area contributed by atoms with Gasteiger partial charge in [0.2, 0.25) is 0 Å². The zero-order valence-corrected chi connectivity index (χ0v) is 11.4. The minimum Gasteiger partial charge on any atom is -0.330 e. The molecule has 1 rings (SSSR count). The number of nitrogens with two attached hydrogens (primary N) is 1. The minimum atomic E-state index is -0.941. The monoisotopic (exact) mass is 263 g/mol. The Bertz CT molecular complexity index is 392. The van der Waals surface area contributed by atoms with E-state index in [4.69, 9.17) is 17.3 Å². The van der Waals surface area contributed by atoms with E-state index in [-0.39, 0.29) is 5.25 Å². The number of halogens is 1. The maximum atomic E-state index is 12.0. The van der Waals surface area contributed by atoms with Crippen LogP contribution in [0.1, 0.15) is 24.6 Å². The van der Waals surface area contributed by atoms with Gasteiger partial charge < -0.3 is 5.73 Å². The van der Waals surface area contributed by atoms with Crippen LogP contribution in [0.25, 0.3) is 0 Å². The lowest BCUT2D eigenvalue weighted by Gasteiger charge is -2.09. The first-order valence-corrected chi connectivity index (χ1v) is 6.98. The molecule has 0 aliphatic carbocycles. The standard InChI is InChI=1S/C10H18ClN3OS/c1-7(4-5-12)16(15)6-9-8(2)13-14(3)10(9)11/h7H,4-6,12H2,1-3H3. The van der Waals surface area contributed by atoms with E-state index in [1.54, 1.807) is 11.7 Å². The molecule has 0 aliphatic rings. The molecule has 2 unspecified atom stereocenters. The largest absolute Gasteiger partial charge is 0.330 e. The van der Waals surface area contributed by atoms with E-state index in [0.717, 1.165) is 17.7 Å². The fourth-order valence-corrected chi connectivity index (χ4v) is 3.12. The maximum Gasteiger partial charge on any atom is 0.131 e. The van der Waals surface area contributed by atoms with Gasteiger partial charge in [-0.1, -0.05) is 18.5 Å². The van der Waals surface area contributed by atoms with E-state index >= 15 is 0 Å². The number of aryl methyl sites for hydroxylation is 2. The summed E-state index contributed by atoms with van der Waals surface area (Å²) < 4.78 is 13.6. The van der Waals surface area contributed by atoms with E-state index in [0.29, 0.717) is 17.5 Å². The van der Waals surface area contributed by atoms with Gasteiger partial charge in [-0.3, -0.25) is 8.89 Å². The van der Waals surface area contributed by atoms with Crippen molar-refractivity contribution in [2.75, 3.05) is 6.54 Å². The van der Waals surface area contributed by atoms with Crippen molar-refractivity contribution >= 4 is 22.4 Å². The Balaban J connectivity index is 2.77. The summed E-state index contributed by atoms with van der Waals surface area (Å²) in [5, 5.41) is 4.87. The summed E-state index contributed by atoms with van der Waals surface area (Å²) in [5.74, 6) is 0.458. The number of rotatable bonds is 5. The average Bonchev–Trinajstić information content (AvgIpc) is 2.45. The van der Waals surface area contributed by atoms with E-state index in [1.807, 2.05) is 13.8 Å². The highest BCUT2D eigenvalue weighted by Crippen LogP contribution is 2.21. The number of hydrogen-bond acceptors (Lipinski definition) is 3. The summed E-state index contributed by atoms with van der Waals surface area (Å²) in [7, 11) is 0.842. The van der Waals surface area contributed by atoms with Gasteiger partial charge in [-0.2, -0.15) is 5.10 Å². The van der Waals surface area contributed by atoms with Gasteiger partial charge in [0.1, 0.15) is 5.15 Å². The topological polar surface area (TPSA) is 60.9 Å². The van der Waals surface area contributed by atoms with Gasteiger partial charge in [0.25, 0.3) is 0 Å². The van der Waals surface area contributed by atoms with Crippen LogP contribution < -0.4 is 5.73 Å². The van der Waals surface area contributed by atoms with Crippen LogP contribution >= 0.6 is 11.6 Å². The molecule has 0 amide bonds. The first-order valence-electron chi connectivity index (χ1n) is 5.22. The minimum absolute atomic E-state index is 0.0978. The summed E-state index contributed by atoms with van der Waals surface area (Å²) in [5.41, 5.74) is 7.18. The lowest BCUT2D eigenvalue weighted by Crippen LogP contribution is -2.17. The third kappa shape index (κ3) is 3.06. The molecule has 16 heavy (non-hydrogen) atoms. The second-order valence-electron chi connectivity index (χ2n) is 3.89. The van der Waals surface area contributed by atoms with Gasteiger partial charge in [0.05, 0.1) is 11.4 Å². The van der Waals surface area contributed by atoms with Gasteiger partial charge in [-0.15, -0.1) is 0 Å². The van der Waals surface area contributed by atoms with E-state index in [1.165, 1.54) is 0 Å². The van der Waals surface area contributed by atoms with Crippen molar-refractivity contribution in [3.63, 3.8) is 0 Å². The number of aromatic nitrogens is 2. The van der Waals surface area contributed by atoms with Gasteiger partial charge in [0, 0.05) is 28.7 Å². The molecule has 0 saturated heterocycles. The first kappa shape index (κ1) is 13.7. The predicted molar refractivity (Wildman–Crippen MR) is 67.9 cm³/mol. The van der Waals surface area contributed by atoms with Crippen LogP contribution in [0.2, 0.25) is 5.15 Å². The molecule has 92 valence electrons. The van der Waals surface area contributed by atoms with Gasteiger partial charge in [-0.25, -0.2) is 0 Å². The molecular weight excluding hydrogens is 246 g/mol. The van der Waals surface area contributed by atoms with Crippen LogP contribution in [0, 0.1) is 6.92 Å². The summed E-state index contributed by atoms with van der Waals surface area (Å²) in [6, 6.07) is 0. The zero-order chi connectivity index (χ0) is 12.3. The molecule has 4 nitrogen and oxygen atoms in total. The Morgan fingerprint density at radius 3 is 2.69 bits per heavy atom. The number of nitrogens with zero attached hydrogens (tertiary/aromatic N) is 2. The highest BCUT2D eigenvalue weighted by atomic mass is 35.5. The lowest BCUT2D eigenvalue weighted by atomic mass is 10.3. The Morgan fingerprint density at radius 1 is 1.62 bits per heavy atom. The molecule has 0 radical (unpaired) electrons. The van der Waals surface area contributed by atoms with Gasteiger partial charge in [0.15, 0.2) is 0 Å². The van der Waals surface area contributed by atoms with Crippen LogP contribution in [0.3, 0.4) is 0 Å². The van der Waals surface area contributed by atoms with Crippen molar-refractivity contribution in [3.8, 4) is 0 Å². The maximum absolute atomic E-state index is 12.0. The van der Waals surface area contributed by atoms with E-state index < -0.39 is 10.8 Å². The molecule has 0 saturated carbocycles. The van der Waals surface area contributed by atoms with Crippen molar-refractivity contribution in [2.45, 2.75) is 31.3 Å².